The maximum absolute atomic E-state index is 11.2. The zero-order chi connectivity index (χ0) is 8.97. The fraction of sp³-hybridized carbons (Fsp3) is 0.444. The molecule has 66 valence electrons. The molecule has 3 nitrogen and oxygen atoms in total. The van der Waals surface area contributed by atoms with Gasteiger partial charge in [0.2, 0.25) is 5.91 Å². The Bertz CT molecular complexity index is 265. The van der Waals surface area contributed by atoms with Crippen molar-refractivity contribution >= 4 is 5.91 Å². The first-order chi connectivity index (χ1) is 5.77. The van der Waals surface area contributed by atoms with Crippen molar-refractivity contribution < 1.29 is 4.79 Å². The number of rotatable bonds is 3. The van der Waals surface area contributed by atoms with Crippen LogP contribution in [0.5, 0.6) is 0 Å². The van der Waals surface area contributed by atoms with Crippen LogP contribution in [0.3, 0.4) is 0 Å². The Kier molecular flexibility index (Phi) is 3.05. The first-order valence-corrected chi connectivity index (χ1v) is 4.18. The van der Waals surface area contributed by atoms with Crippen molar-refractivity contribution in [1.82, 2.24) is 4.57 Å². The first-order valence-electron chi connectivity index (χ1n) is 4.18. The summed E-state index contributed by atoms with van der Waals surface area (Å²) in [4.78, 5) is 11.2. The Hall–Kier alpha value is -1.09. The lowest BCUT2D eigenvalue weighted by molar-refractivity contribution is 0.0909. The summed E-state index contributed by atoms with van der Waals surface area (Å²) in [6.45, 7) is 2.48. The van der Waals surface area contributed by atoms with Gasteiger partial charge in [0, 0.05) is 18.8 Å². The normalized spacial score (nSPS) is 10.2. The molecule has 0 saturated carbocycles. The van der Waals surface area contributed by atoms with Crippen molar-refractivity contribution in [2.45, 2.75) is 19.8 Å². The number of nitrogens with two attached hydrogens (primary N) is 1. The monoisotopic (exact) mass is 166 g/mol. The van der Waals surface area contributed by atoms with Crippen molar-refractivity contribution in [3.8, 4) is 0 Å². The fourth-order valence-corrected chi connectivity index (χ4v) is 1.09. The summed E-state index contributed by atoms with van der Waals surface area (Å²) in [6.07, 6.45) is 5.01. The van der Waals surface area contributed by atoms with Crippen LogP contribution in [0, 0.1) is 0 Å². The molecular weight excluding hydrogens is 152 g/mol. The van der Waals surface area contributed by atoms with Gasteiger partial charge in [0.15, 0.2) is 0 Å². The van der Waals surface area contributed by atoms with Crippen molar-refractivity contribution in [2.24, 2.45) is 5.73 Å². The van der Waals surface area contributed by atoms with Crippen molar-refractivity contribution in [3.63, 3.8) is 0 Å². The number of carbonyl (C=O) groups excluding carboxylic acids is 1. The zero-order valence-electron chi connectivity index (χ0n) is 7.29. The van der Waals surface area contributed by atoms with Gasteiger partial charge in [0.05, 0.1) is 0 Å². The summed E-state index contributed by atoms with van der Waals surface area (Å²) >= 11 is 0. The van der Waals surface area contributed by atoms with Gasteiger partial charge < -0.3 is 5.73 Å². The molecule has 0 atom stereocenters. The first kappa shape index (κ1) is 9.00. The quantitative estimate of drug-likeness (QED) is 0.729. The highest BCUT2D eigenvalue weighted by Gasteiger charge is 2.01. The molecule has 0 fully saturated rings. The van der Waals surface area contributed by atoms with Crippen LogP contribution >= 0.6 is 0 Å². The molecule has 0 aliphatic rings. The SMILES string of the molecule is CCC(=O)n1ccc(CCN)c1. The number of aromatic nitrogens is 1. The van der Waals surface area contributed by atoms with Crippen molar-refractivity contribution in [3.05, 3.63) is 24.0 Å². The summed E-state index contributed by atoms with van der Waals surface area (Å²) in [6, 6.07) is 1.93. The predicted molar refractivity (Wildman–Crippen MR) is 48.1 cm³/mol. The van der Waals surface area contributed by atoms with E-state index < -0.39 is 0 Å². The van der Waals surface area contributed by atoms with Gasteiger partial charge >= 0.3 is 0 Å². The van der Waals surface area contributed by atoms with Gasteiger partial charge in [-0.2, -0.15) is 0 Å². The Morgan fingerprint density at radius 1 is 1.67 bits per heavy atom. The fourth-order valence-electron chi connectivity index (χ4n) is 1.09. The largest absolute Gasteiger partial charge is 0.330 e. The lowest BCUT2D eigenvalue weighted by Gasteiger charge is -1.96. The van der Waals surface area contributed by atoms with E-state index in [1.165, 1.54) is 0 Å². The summed E-state index contributed by atoms with van der Waals surface area (Å²) in [5, 5.41) is 0. The summed E-state index contributed by atoms with van der Waals surface area (Å²) in [5.41, 5.74) is 6.51. The van der Waals surface area contributed by atoms with Crippen LogP contribution < -0.4 is 5.73 Å². The van der Waals surface area contributed by atoms with Crippen LogP contribution in [0.4, 0.5) is 0 Å². The Balaban J connectivity index is 2.70. The van der Waals surface area contributed by atoms with E-state index in [1.54, 1.807) is 10.8 Å². The summed E-state index contributed by atoms with van der Waals surface area (Å²) in [5.74, 6) is 0.123. The average Bonchev–Trinajstić information content (AvgIpc) is 2.52. The molecule has 0 aromatic carbocycles. The molecule has 1 aromatic heterocycles. The van der Waals surface area contributed by atoms with Gasteiger partial charge in [0.25, 0.3) is 0 Å². The lowest BCUT2D eigenvalue weighted by Crippen LogP contribution is -2.06. The van der Waals surface area contributed by atoms with Crippen LogP contribution in [-0.2, 0) is 6.42 Å². The molecular formula is C9H14N2O. The number of hydrogen-bond acceptors (Lipinski definition) is 2. The molecule has 0 radical (unpaired) electrons. The average molecular weight is 166 g/mol. The van der Waals surface area contributed by atoms with E-state index in [0.29, 0.717) is 13.0 Å². The van der Waals surface area contributed by atoms with Crippen LogP contribution in [0.25, 0.3) is 0 Å². The second-order valence-electron chi connectivity index (χ2n) is 2.71. The van der Waals surface area contributed by atoms with E-state index in [-0.39, 0.29) is 5.91 Å². The summed E-state index contributed by atoms with van der Waals surface area (Å²) in [7, 11) is 0. The smallest absolute Gasteiger partial charge is 0.230 e. The molecule has 1 heterocycles. The highest BCUT2D eigenvalue weighted by molar-refractivity contribution is 5.78. The van der Waals surface area contributed by atoms with Gasteiger partial charge in [-0.25, -0.2) is 0 Å². The molecule has 0 unspecified atom stereocenters. The minimum absolute atomic E-state index is 0.123. The van der Waals surface area contributed by atoms with Crippen molar-refractivity contribution in [1.29, 1.82) is 0 Å². The van der Waals surface area contributed by atoms with E-state index >= 15 is 0 Å². The minimum Gasteiger partial charge on any atom is -0.330 e. The second kappa shape index (κ2) is 4.07. The minimum atomic E-state index is 0.123. The molecule has 0 bridgehead atoms. The summed E-state index contributed by atoms with van der Waals surface area (Å²) < 4.78 is 1.62. The van der Waals surface area contributed by atoms with Crippen LogP contribution in [0.2, 0.25) is 0 Å². The molecule has 3 heteroatoms. The van der Waals surface area contributed by atoms with Crippen molar-refractivity contribution in [2.75, 3.05) is 6.54 Å². The number of hydrogen-bond donors (Lipinski definition) is 1. The number of nitrogens with zero attached hydrogens (tertiary/aromatic N) is 1. The Morgan fingerprint density at radius 3 is 3.00 bits per heavy atom. The molecule has 0 spiro atoms. The van der Waals surface area contributed by atoms with E-state index in [9.17, 15) is 4.79 Å². The molecule has 12 heavy (non-hydrogen) atoms. The van der Waals surface area contributed by atoms with Gasteiger partial charge in [-0.1, -0.05) is 6.92 Å². The maximum Gasteiger partial charge on any atom is 0.230 e. The third kappa shape index (κ3) is 1.95. The third-order valence-electron chi connectivity index (χ3n) is 1.78. The van der Waals surface area contributed by atoms with Gasteiger partial charge in [0.1, 0.15) is 0 Å². The molecule has 0 aliphatic carbocycles. The van der Waals surface area contributed by atoms with Crippen LogP contribution in [0.15, 0.2) is 18.5 Å². The highest BCUT2D eigenvalue weighted by atomic mass is 16.1. The molecule has 1 aromatic rings. The van der Waals surface area contributed by atoms with Gasteiger partial charge in [-0.15, -0.1) is 0 Å². The highest BCUT2D eigenvalue weighted by Crippen LogP contribution is 2.02. The van der Waals surface area contributed by atoms with E-state index in [1.807, 2.05) is 19.2 Å². The molecule has 0 aliphatic heterocycles. The third-order valence-corrected chi connectivity index (χ3v) is 1.78. The van der Waals surface area contributed by atoms with Crippen LogP contribution in [0.1, 0.15) is 23.7 Å². The van der Waals surface area contributed by atoms with E-state index in [0.717, 1.165) is 12.0 Å². The maximum atomic E-state index is 11.2. The van der Waals surface area contributed by atoms with Gasteiger partial charge in [-0.3, -0.25) is 9.36 Å². The van der Waals surface area contributed by atoms with E-state index in [4.69, 9.17) is 5.73 Å². The van der Waals surface area contributed by atoms with Gasteiger partial charge in [-0.05, 0) is 24.6 Å². The predicted octanol–water partition coefficient (Wildman–Crippen LogP) is 1.04. The molecule has 2 N–H and O–H groups in total. The number of carbonyl (C=O) groups is 1. The standard InChI is InChI=1S/C9H14N2O/c1-2-9(12)11-6-4-8(7-11)3-5-10/h4,6-7H,2-3,5,10H2,1H3. The molecule has 0 saturated heterocycles. The van der Waals surface area contributed by atoms with E-state index in [2.05, 4.69) is 0 Å². The Labute approximate surface area is 72.2 Å². The zero-order valence-corrected chi connectivity index (χ0v) is 7.29. The molecule has 1 rings (SSSR count). The Morgan fingerprint density at radius 2 is 2.42 bits per heavy atom. The second-order valence-corrected chi connectivity index (χ2v) is 2.71. The topological polar surface area (TPSA) is 48.0 Å². The molecule has 0 amide bonds. The lowest BCUT2D eigenvalue weighted by atomic mass is 10.2. The van der Waals surface area contributed by atoms with Crippen LogP contribution in [-0.4, -0.2) is 17.0 Å².